The van der Waals surface area contributed by atoms with E-state index >= 15 is 0 Å². The number of ether oxygens (including phenoxy) is 1. The fourth-order valence-corrected chi connectivity index (χ4v) is 4.19. The minimum atomic E-state index is -3.56. The number of hydrogen-bond acceptors (Lipinski definition) is 3. The van der Waals surface area contributed by atoms with Gasteiger partial charge in [0, 0.05) is 13.1 Å². The van der Waals surface area contributed by atoms with Gasteiger partial charge in [-0.25, -0.2) is 12.8 Å². The Morgan fingerprint density at radius 1 is 1.12 bits per heavy atom. The van der Waals surface area contributed by atoms with E-state index in [-0.39, 0.29) is 18.5 Å². The summed E-state index contributed by atoms with van der Waals surface area (Å²) in [4.78, 5) is 0.291. The van der Waals surface area contributed by atoms with Crippen LogP contribution in [0.4, 0.5) is 4.39 Å². The molecule has 0 bridgehead atoms. The van der Waals surface area contributed by atoms with Crippen LogP contribution in [-0.2, 0) is 21.2 Å². The van der Waals surface area contributed by atoms with E-state index in [1.165, 1.54) is 16.4 Å². The summed E-state index contributed by atoms with van der Waals surface area (Å²) in [5.74, 6) is -0.324. The van der Waals surface area contributed by atoms with E-state index in [0.717, 1.165) is 17.5 Å². The Hall–Kier alpha value is -1.76. The van der Waals surface area contributed by atoms with Gasteiger partial charge in [0.2, 0.25) is 10.0 Å². The first-order chi connectivity index (χ1) is 11.5. The van der Waals surface area contributed by atoms with Gasteiger partial charge in [0.1, 0.15) is 5.82 Å². The van der Waals surface area contributed by atoms with Crippen LogP contribution in [0.25, 0.3) is 0 Å². The van der Waals surface area contributed by atoms with Crippen molar-refractivity contribution in [1.82, 2.24) is 4.31 Å². The zero-order chi connectivity index (χ0) is 17.2. The lowest BCUT2D eigenvalue weighted by Crippen LogP contribution is -2.42. The second-order valence-electron chi connectivity index (χ2n) is 5.77. The van der Waals surface area contributed by atoms with Gasteiger partial charge in [0.25, 0.3) is 0 Å². The first kappa shape index (κ1) is 17.1. The number of halogens is 1. The molecule has 0 radical (unpaired) electrons. The molecule has 1 heterocycles. The van der Waals surface area contributed by atoms with Crippen LogP contribution in [0.2, 0.25) is 0 Å². The highest BCUT2D eigenvalue weighted by atomic mass is 32.2. The van der Waals surface area contributed by atoms with E-state index < -0.39 is 10.0 Å². The molecule has 0 saturated carbocycles. The molecule has 1 saturated heterocycles. The number of rotatable bonds is 4. The second-order valence-corrected chi connectivity index (χ2v) is 7.71. The molecule has 1 aliphatic heterocycles. The summed E-state index contributed by atoms with van der Waals surface area (Å²) >= 11 is 0. The monoisotopic (exact) mass is 349 g/mol. The molecule has 1 fully saturated rings. The Bertz CT molecular complexity index is 788. The highest BCUT2D eigenvalue weighted by Crippen LogP contribution is 2.26. The van der Waals surface area contributed by atoms with E-state index in [2.05, 4.69) is 0 Å². The number of sulfonamides is 1. The van der Waals surface area contributed by atoms with Gasteiger partial charge in [-0.2, -0.15) is 4.31 Å². The topological polar surface area (TPSA) is 46.6 Å². The number of aryl methyl sites for hydroxylation is 1. The van der Waals surface area contributed by atoms with Crippen LogP contribution in [0.15, 0.2) is 53.4 Å². The van der Waals surface area contributed by atoms with Gasteiger partial charge in [-0.1, -0.05) is 31.2 Å². The van der Waals surface area contributed by atoms with Crippen molar-refractivity contribution in [3.8, 4) is 0 Å². The SMILES string of the molecule is CCc1ccc(S(=O)(=O)N2CCO[C@H](c3ccc(F)cc3)C2)cc1. The van der Waals surface area contributed by atoms with Crippen molar-refractivity contribution in [3.63, 3.8) is 0 Å². The largest absolute Gasteiger partial charge is 0.371 e. The van der Waals surface area contributed by atoms with Gasteiger partial charge >= 0.3 is 0 Å². The first-order valence-corrected chi connectivity index (χ1v) is 9.41. The highest BCUT2D eigenvalue weighted by Gasteiger charge is 2.31. The molecule has 0 N–H and O–H groups in total. The molecule has 2 aromatic rings. The Morgan fingerprint density at radius 2 is 1.79 bits per heavy atom. The Kier molecular flexibility index (Phi) is 4.99. The van der Waals surface area contributed by atoms with Gasteiger partial charge in [0.05, 0.1) is 17.6 Å². The van der Waals surface area contributed by atoms with Gasteiger partial charge < -0.3 is 4.74 Å². The molecule has 0 aliphatic carbocycles. The van der Waals surface area contributed by atoms with E-state index in [0.29, 0.717) is 18.0 Å². The molecule has 2 aromatic carbocycles. The third kappa shape index (κ3) is 3.50. The Morgan fingerprint density at radius 3 is 2.42 bits per heavy atom. The zero-order valence-corrected chi connectivity index (χ0v) is 14.3. The molecule has 6 heteroatoms. The number of hydrogen-bond donors (Lipinski definition) is 0. The standard InChI is InChI=1S/C18H20FNO3S/c1-2-14-3-9-17(10-4-14)24(21,22)20-11-12-23-18(13-20)15-5-7-16(19)8-6-15/h3-10,18H,2,11-13H2,1H3/t18-/m0/s1. The Balaban J connectivity index is 1.81. The van der Waals surface area contributed by atoms with Crippen molar-refractivity contribution in [2.45, 2.75) is 24.3 Å². The van der Waals surface area contributed by atoms with Crippen LogP contribution in [0.3, 0.4) is 0 Å². The molecule has 1 aliphatic rings. The average molecular weight is 349 g/mol. The van der Waals surface area contributed by atoms with Gasteiger partial charge in [-0.05, 0) is 41.8 Å². The smallest absolute Gasteiger partial charge is 0.243 e. The van der Waals surface area contributed by atoms with Crippen molar-refractivity contribution in [1.29, 1.82) is 0 Å². The van der Waals surface area contributed by atoms with Gasteiger partial charge in [-0.15, -0.1) is 0 Å². The molecule has 0 aromatic heterocycles. The predicted octanol–water partition coefficient (Wildman–Crippen LogP) is 3.15. The number of morpholine rings is 1. The quantitative estimate of drug-likeness (QED) is 0.852. The molecule has 24 heavy (non-hydrogen) atoms. The third-order valence-electron chi connectivity index (χ3n) is 4.24. The molecular weight excluding hydrogens is 329 g/mol. The zero-order valence-electron chi connectivity index (χ0n) is 13.5. The highest BCUT2D eigenvalue weighted by molar-refractivity contribution is 7.89. The fraction of sp³-hybridized carbons (Fsp3) is 0.333. The van der Waals surface area contributed by atoms with Crippen LogP contribution in [0, 0.1) is 5.82 Å². The van der Waals surface area contributed by atoms with E-state index in [1.54, 1.807) is 24.3 Å². The molecule has 128 valence electrons. The van der Waals surface area contributed by atoms with Gasteiger partial charge in [-0.3, -0.25) is 0 Å². The lowest BCUT2D eigenvalue weighted by Gasteiger charge is -2.32. The summed E-state index contributed by atoms with van der Waals surface area (Å²) in [7, 11) is -3.56. The summed E-state index contributed by atoms with van der Waals surface area (Å²) in [6.07, 6.45) is 0.480. The maximum atomic E-state index is 13.1. The maximum Gasteiger partial charge on any atom is 0.243 e. The number of nitrogens with zero attached hydrogens (tertiary/aromatic N) is 1. The van der Waals surface area contributed by atoms with Crippen LogP contribution in [0.5, 0.6) is 0 Å². The van der Waals surface area contributed by atoms with Crippen LogP contribution < -0.4 is 0 Å². The normalized spacial score (nSPS) is 19.3. The van der Waals surface area contributed by atoms with Crippen molar-refractivity contribution in [3.05, 3.63) is 65.5 Å². The molecule has 0 spiro atoms. The second kappa shape index (κ2) is 7.01. The maximum absolute atomic E-state index is 13.1. The summed E-state index contributed by atoms with van der Waals surface area (Å²) in [5.41, 5.74) is 1.87. The van der Waals surface area contributed by atoms with Crippen molar-refractivity contribution < 1.29 is 17.5 Å². The van der Waals surface area contributed by atoms with E-state index in [4.69, 9.17) is 4.74 Å². The van der Waals surface area contributed by atoms with E-state index in [1.807, 2.05) is 19.1 Å². The van der Waals surface area contributed by atoms with Crippen LogP contribution in [-0.4, -0.2) is 32.4 Å². The fourth-order valence-electron chi connectivity index (χ4n) is 2.77. The molecule has 0 unspecified atom stereocenters. The molecule has 1 atom stereocenters. The van der Waals surface area contributed by atoms with E-state index in [9.17, 15) is 12.8 Å². The minimum Gasteiger partial charge on any atom is -0.371 e. The third-order valence-corrected chi connectivity index (χ3v) is 6.12. The average Bonchev–Trinajstić information content (AvgIpc) is 2.62. The van der Waals surface area contributed by atoms with Crippen LogP contribution >= 0.6 is 0 Å². The molecule has 0 amide bonds. The summed E-state index contributed by atoms with van der Waals surface area (Å²) in [6, 6.07) is 13.0. The Labute approximate surface area is 141 Å². The predicted molar refractivity (Wildman–Crippen MR) is 89.7 cm³/mol. The molecule has 3 rings (SSSR count). The lowest BCUT2D eigenvalue weighted by atomic mass is 10.1. The van der Waals surface area contributed by atoms with Crippen molar-refractivity contribution in [2.24, 2.45) is 0 Å². The minimum absolute atomic E-state index is 0.226. The van der Waals surface area contributed by atoms with Gasteiger partial charge in [0.15, 0.2) is 0 Å². The lowest BCUT2D eigenvalue weighted by molar-refractivity contribution is -0.00258. The first-order valence-electron chi connectivity index (χ1n) is 7.97. The van der Waals surface area contributed by atoms with Crippen molar-refractivity contribution >= 4 is 10.0 Å². The van der Waals surface area contributed by atoms with Crippen molar-refractivity contribution in [2.75, 3.05) is 19.7 Å². The molecule has 4 nitrogen and oxygen atoms in total. The van der Waals surface area contributed by atoms with Crippen LogP contribution in [0.1, 0.15) is 24.2 Å². The summed E-state index contributed by atoms with van der Waals surface area (Å²) in [6.45, 7) is 2.88. The number of benzene rings is 2. The summed E-state index contributed by atoms with van der Waals surface area (Å²) < 4.78 is 45.8. The summed E-state index contributed by atoms with van der Waals surface area (Å²) in [5, 5.41) is 0. The molecular formula is C18H20FNO3S.